The van der Waals surface area contributed by atoms with Crippen LogP contribution < -0.4 is 5.32 Å². The molecule has 0 atom stereocenters. The molecule has 0 saturated heterocycles. The standard InChI is InChI=1S/C15H28N2O3/c1-4-5-6-11-17(3)14(20)16-15(13(18)19)9-7-12(2)8-10-15/h12H,4-11H2,1-3H3,(H,16,20)(H,18,19). The van der Waals surface area contributed by atoms with Crippen LogP contribution in [0, 0.1) is 5.92 Å². The Hall–Kier alpha value is -1.26. The second kappa shape index (κ2) is 7.50. The van der Waals surface area contributed by atoms with Crippen molar-refractivity contribution in [2.24, 2.45) is 5.92 Å². The quantitative estimate of drug-likeness (QED) is 0.737. The predicted octanol–water partition coefficient (Wildman–Crippen LogP) is 2.85. The van der Waals surface area contributed by atoms with Crippen molar-refractivity contribution in [2.45, 2.75) is 64.3 Å². The Morgan fingerprint density at radius 3 is 2.40 bits per heavy atom. The van der Waals surface area contributed by atoms with E-state index in [2.05, 4.69) is 19.2 Å². The highest BCUT2D eigenvalue weighted by molar-refractivity contribution is 5.86. The van der Waals surface area contributed by atoms with Crippen LogP contribution in [0.3, 0.4) is 0 Å². The second-order valence-electron chi connectivity index (χ2n) is 6.13. The van der Waals surface area contributed by atoms with Gasteiger partial charge in [-0.2, -0.15) is 0 Å². The van der Waals surface area contributed by atoms with Gasteiger partial charge in [0.15, 0.2) is 0 Å². The third-order valence-corrected chi connectivity index (χ3v) is 4.33. The Balaban J connectivity index is 2.57. The minimum absolute atomic E-state index is 0.266. The topological polar surface area (TPSA) is 69.6 Å². The number of carboxylic acids is 1. The van der Waals surface area contributed by atoms with Crippen molar-refractivity contribution in [2.75, 3.05) is 13.6 Å². The van der Waals surface area contributed by atoms with Crippen LogP contribution in [0.25, 0.3) is 0 Å². The van der Waals surface area contributed by atoms with E-state index in [-0.39, 0.29) is 6.03 Å². The molecule has 2 N–H and O–H groups in total. The second-order valence-corrected chi connectivity index (χ2v) is 6.13. The summed E-state index contributed by atoms with van der Waals surface area (Å²) >= 11 is 0. The van der Waals surface area contributed by atoms with Gasteiger partial charge in [0, 0.05) is 13.6 Å². The highest BCUT2D eigenvalue weighted by atomic mass is 16.4. The van der Waals surface area contributed by atoms with Crippen LogP contribution in [0.5, 0.6) is 0 Å². The molecule has 5 nitrogen and oxygen atoms in total. The smallest absolute Gasteiger partial charge is 0.329 e. The maximum Gasteiger partial charge on any atom is 0.329 e. The van der Waals surface area contributed by atoms with Crippen LogP contribution in [0.15, 0.2) is 0 Å². The number of unbranched alkanes of at least 4 members (excludes halogenated alkanes) is 2. The van der Waals surface area contributed by atoms with Crippen LogP contribution >= 0.6 is 0 Å². The van der Waals surface area contributed by atoms with E-state index in [9.17, 15) is 14.7 Å². The molecule has 0 radical (unpaired) electrons. The van der Waals surface area contributed by atoms with Gasteiger partial charge < -0.3 is 15.3 Å². The first kappa shape index (κ1) is 16.8. The lowest BCUT2D eigenvalue weighted by Gasteiger charge is -2.37. The van der Waals surface area contributed by atoms with E-state index in [0.29, 0.717) is 25.3 Å². The molecule has 0 heterocycles. The number of hydrogen-bond donors (Lipinski definition) is 2. The molecule has 20 heavy (non-hydrogen) atoms. The van der Waals surface area contributed by atoms with E-state index >= 15 is 0 Å². The lowest BCUT2D eigenvalue weighted by Crippen LogP contribution is -2.58. The Bertz CT molecular complexity index is 336. The summed E-state index contributed by atoms with van der Waals surface area (Å²) in [6.07, 6.45) is 5.90. The molecule has 116 valence electrons. The number of hydrogen-bond acceptors (Lipinski definition) is 2. The van der Waals surface area contributed by atoms with E-state index in [4.69, 9.17) is 0 Å². The van der Waals surface area contributed by atoms with E-state index in [1.807, 2.05) is 0 Å². The fourth-order valence-electron chi connectivity index (χ4n) is 2.65. The molecule has 0 spiro atoms. The lowest BCUT2D eigenvalue weighted by molar-refractivity contribution is -0.146. The monoisotopic (exact) mass is 284 g/mol. The molecular weight excluding hydrogens is 256 g/mol. The summed E-state index contributed by atoms with van der Waals surface area (Å²) in [5.74, 6) is -0.360. The van der Waals surface area contributed by atoms with Gasteiger partial charge in [0.05, 0.1) is 0 Å². The fourth-order valence-corrected chi connectivity index (χ4v) is 2.65. The molecule has 0 aromatic carbocycles. The number of nitrogens with zero attached hydrogens (tertiary/aromatic N) is 1. The van der Waals surface area contributed by atoms with Crippen LogP contribution in [-0.2, 0) is 4.79 Å². The number of carboxylic acid groups (broad SMARTS) is 1. The average molecular weight is 284 g/mol. The van der Waals surface area contributed by atoms with Gasteiger partial charge in [-0.3, -0.25) is 0 Å². The molecule has 0 aromatic heterocycles. The Kier molecular flexibility index (Phi) is 6.30. The first-order chi connectivity index (χ1) is 9.41. The maximum absolute atomic E-state index is 12.1. The lowest BCUT2D eigenvalue weighted by atomic mass is 9.77. The summed E-state index contributed by atoms with van der Waals surface area (Å²) < 4.78 is 0. The van der Waals surface area contributed by atoms with Crippen molar-refractivity contribution in [1.82, 2.24) is 10.2 Å². The zero-order valence-corrected chi connectivity index (χ0v) is 12.9. The normalized spacial score (nSPS) is 26.1. The third kappa shape index (κ3) is 4.39. The minimum Gasteiger partial charge on any atom is -0.480 e. The van der Waals surface area contributed by atoms with Crippen molar-refractivity contribution >= 4 is 12.0 Å². The summed E-state index contributed by atoms with van der Waals surface area (Å²) in [6.45, 7) is 4.92. The highest BCUT2D eigenvalue weighted by Gasteiger charge is 2.42. The number of amides is 2. The van der Waals surface area contributed by atoms with E-state index in [1.165, 1.54) is 0 Å². The molecule has 0 aromatic rings. The maximum atomic E-state index is 12.1. The van der Waals surface area contributed by atoms with Gasteiger partial charge in [0.1, 0.15) is 5.54 Å². The predicted molar refractivity (Wildman–Crippen MR) is 78.7 cm³/mol. The molecule has 2 amide bonds. The minimum atomic E-state index is -1.07. The van der Waals surface area contributed by atoms with Gasteiger partial charge >= 0.3 is 12.0 Å². The van der Waals surface area contributed by atoms with Crippen LogP contribution in [-0.4, -0.2) is 41.1 Å². The van der Waals surface area contributed by atoms with Gasteiger partial charge in [-0.25, -0.2) is 9.59 Å². The van der Waals surface area contributed by atoms with Crippen molar-refractivity contribution in [1.29, 1.82) is 0 Å². The summed E-state index contributed by atoms with van der Waals surface area (Å²) in [4.78, 5) is 25.3. The van der Waals surface area contributed by atoms with Crippen molar-refractivity contribution in [3.63, 3.8) is 0 Å². The molecular formula is C15H28N2O3. The third-order valence-electron chi connectivity index (χ3n) is 4.33. The molecule has 1 rings (SSSR count). The van der Waals surface area contributed by atoms with Gasteiger partial charge in [-0.05, 0) is 38.0 Å². The molecule has 1 aliphatic rings. The van der Waals surface area contributed by atoms with Crippen molar-refractivity contribution in [3.05, 3.63) is 0 Å². The number of carbonyl (C=O) groups excluding carboxylic acids is 1. The van der Waals surface area contributed by atoms with Crippen LogP contribution in [0.1, 0.15) is 58.8 Å². The number of nitrogens with one attached hydrogen (secondary N) is 1. The van der Waals surface area contributed by atoms with Gasteiger partial charge in [0.2, 0.25) is 0 Å². The number of rotatable bonds is 6. The summed E-state index contributed by atoms with van der Waals surface area (Å²) in [5, 5.41) is 12.3. The SMILES string of the molecule is CCCCCN(C)C(=O)NC1(C(=O)O)CCC(C)CC1. The first-order valence-corrected chi connectivity index (χ1v) is 7.68. The Labute approximate surface area is 121 Å². The zero-order chi connectivity index (χ0) is 15.2. The molecule has 0 aliphatic heterocycles. The van der Waals surface area contributed by atoms with E-state index < -0.39 is 11.5 Å². The van der Waals surface area contributed by atoms with E-state index in [1.54, 1.807) is 11.9 Å². The van der Waals surface area contributed by atoms with Crippen molar-refractivity contribution in [3.8, 4) is 0 Å². The Morgan fingerprint density at radius 1 is 1.30 bits per heavy atom. The van der Waals surface area contributed by atoms with Crippen LogP contribution in [0.2, 0.25) is 0 Å². The molecule has 0 unspecified atom stereocenters. The molecule has 0 bridgehead atoms. The zero-order valence-electron chi connectivity index (χ0n) is 12.9. The van der Waals surface area contributed by atoms with Gasteiger partial charge in [-0.15, -0.1) is 0 Å². The van der Waals surface area contributed by atoms with E-state index in [0.717, 1.165) is 32.1 Å². The van der Waals surface area contributed by atoms with Crippen LogP contribution in [0.4, 0.5) is 4.79 Å². The number of urea groups is 1. The first-order valence-electron chi connectivity index (χ1n) is 7.68. The molecule has 1 fully saturated rings. The summed E-state index contributed by atoms with van der Waals surface area (Å²) in [6, 6.07) is -0.266. The largest absolute Gasteiger partial charge is 0.480 e. The van der Waals surface area contributed by atoms with Gasteiger partial charge in [-0.1, -0.05) is 26.7 Å². The number of carbonyl (C=O) groups is 2. The molecule has 1 saturated carbocycles. The Morgan fingerprint density at radius 2 is 1.90 bits per heavy atom. The highest BCUT2D eigenvalue weighted by Crippen LogP contribution is 2.32. The molecule has 1 aliphatic carbocycles. The average Bonchev–Trinajstić information content (AvgIpc) is 2.41. The van der Waals surface area contributed by atoms with Gasteiger partial charge in [0.25, 0.3) is 0 Å². The van der Waals surface area contributed by atoms with Crippen molar-refractivity contribution < 1.29 is 14.7 Å². The fraction of sp³-hybridized carbons (Fsp3) is 0.867. The summed E-state index contributed by atoms with van der Waals surface area (Å²) in [5.41, 5.74) is -1.07. The summed E-state index contributed by atoms with van der Waals surface area (Å²) in [7, 11) is 1.73. The molecule has 5 heteroatoms. The number of aliphatic carboxylic acids is 1.